The Kier molecular flexibility index (Phi) is 8.08. The van der Waals surface area contributed by atoms with Crippen LogP contribution in [-0.4, -0.2) is 50.3 Å². The molecule has 0 bridgehead atoms. The van der Waals surface area contributed by atoms with Gasteiger partial charge in [-0.3, -0.25) is 4.99 Å². The van der Waals surface area contributed by atoms with E-state index in [1.165, 1.54) is 25.9 Å². The zero-order chi connectivity index (χ0) is 16.8. The highest BCUT2D eigenvalue weighted by atomic mass is 127. The van der Waals surface area contributed by atoms with E-state index in [0.717, 1.165) is 42.6 Å². The highest BCUT2D eigenvalue weighted by Gasteiger charge is 2.15. The molecule has 7 heteroatoms. The summed E-state index contributed by atoms with van der Waals surface area (Å²) in [6, 6.07) is 5.75. The van der Waals surface area contributed by atoms with Crippen LogP contribution in [0.3, 0.4) is 0 Å². The number of anilines is 1. The van der Waals surface area contributed by atoms with Crippen LogP contribution in [0.1, 0.15) is 26.2 Å². The molecule has 25 heavy (non-hydrogen) atoms. The summed E-state index contributed by atoms with van der Waals surface area (Å²) >= 11 is 0. The lowest BCUT2D eigenvalue weighted by atomic mass is 10.0. The summed E-state index contributed by atoms with van der Waals surface area (Å²) < 4.78 is 11.3. The molecule has 2 aliphatic heterocycles. The number of halogens is 1. The van der Waals surface area contributed by atoms with Crippen molar-refractivity contribution in [3.8, 4) is 11.5 Å². The molecular weight excluding hydrogens is 431 g/mol. The van der Waals surface area contributed by atoms with Crippen LogP contribution < -0.4 is 20.5 Å². The van der Waals surface area contributed by atoms with Crippen molar-refractivity contribution < 1.29 is 9.47 Å². The second kappa shape index (κ2) is 10.1. The predicted octanol–water partition coefficient (Wildman–Crippen LogP) is 2.92. The maximum atomic E-state index is 6.00. The topological polar surface area (TPSA) is 72.1 Å². The first-order valence-electron chi connectivity index (χ1n) is 8.89. The summed E-state index contributed by atoms with van der Waals surface area (Å²) in [5.74, 6) is 2.77. The number of nitrogens with two attached hydrogens (primary N) is 1. The number of hydrogen-bond acceptors (Lipinski definition) is 4. The third kappa shape index (κ3) is 6.22. The van der Waals surface area contributed by atoms with Crippen LogP contribution in [0.4, 0.5) is 5.69 Å². The van der Waals surface area contributed by atoms with Crippen molar-refractivity contribution in [2.24, 2.45) is 16.6 Å². The average molecular weight is 460 g/mol. The molecule has 2 heterocycles. The minimum Gasteiger partial charge on any atom is -0.490 e. The van der Waals surface area contributed by atoms with Crippen LogP contribution in [0, 0.1) is 5.92 Å². The molecule has 140 valence electrons. The number of ether oxygens (including phenoxy) is 2. The standard InChI is InChI=1S/C18H28N4O2.HI/c1-14-4-2-8-22(13-14)9-7-20-18(19)21-15-5-6-16-17(12-15)24-11-3-10-23-16;/h5-6,12,14H,2-4,7-11,13H2,1H3,(H3,19,20,21);1H. The van der Waals surface area contributed by atoms with E-state index in [0.29, 0.717) is 19.2 Å². The van der Waals surface area contributed by atoms with Crippen LogP contribution in [-0.2, 0) is 0 Å². The van der Waals surface area contributed by atoms with E-state index in [2.05, 4.69) is 22.1 Å². The Labute approximate surface area is 167 Å². The second-order valence-electron chi connectivity index (χ2n) is 6.65. The van der Waals surface area contributed by atoms with Gasteiger partial charge in [0.15, 0.2) is 17.5 Å². The van der Waals surface area contributed by atoms with Gasteiger partial charge in [0, 0.05) is 31.3 Å². The summed E-state index contributed by atoms with van der Waals surface area (Å²) in [5.41, 5.74) is 6.87. The predicted molar refractivity (Wildman–Crippen MR) is 112 cm³/mol. The lowest BCUT2D eigenvalue weighted by Gasteiger charge is -2.30. The zero-order valence-corrected chi connectivity index (χ0v) is 17.2. The maximum absolute atomic E-state index is 6.00. The first-order valence-corrected chi connectivity index (χ1v) is 8.89. The number of guanidine groups is 1. The quantitative estimate of drug-likeness (QED) is 0.411. The van der Waals surface area contributed by atoms with Gasteiger partial charge in [0.25, 0.3) is 0 Å². The van der Waals surface area contributed by atoms with Crippen LogP contribution in [0.15, 0.2) is 23.2 Å². The first kappa shape index (κ1) is 20.1. The average Bonchev–Trinajstić information content (AvgIpc) is 2.80. The summed E-state index contributed by atoms with van der Waals surface area (Å²) in [6.07, 6.45) is 3.53. The van der Waals surface area contributed by atoms with Crippen LogP contribution in [0.2, 0.25) is 0 Å². The lowest BCUT2D eigenvalue weighted by Crippen LogP contribution is -2.36. The third-order valence-electron chi connectivity index (χ3n) is 4.46. The number of nitrogens with one attached hydrogen (secondary N) is 1. The number of hydrogen-bond donors (Lipinski definition) is 2. The largest absolute Gasteiger partial charge is 0.490 e. The zero-order valence-electron chi connectivity index (χ0n) is 14.9. The van der Waals surface area contributed by atoms with Gasteiger partial charge < -0.3 is 25.4 Å². The molecule has 3 rings (SSSR count). The molecule has 0 spiro atoms. The number of fused-ring (bicyclic) bond motifs is 1. The van der Waals surface area contributed by atoms with E-state index in [1.54, 1.807) is 0 Å². The number of nitrogens with zero attached hydrogens (tertiary/aromatic N) is 2. The van der Waals surface area contributed by atoms with Gasteiger partial charge in [-0.1, -0.05) is 6.92 Å². The van der Waals surface area contributed by atoms with Crippen molar-refractivity contribution in [3.63, 3.8) is 0 Å². The Balaban J connectivity index is 0.00000225. The van der Waals surface area contributed by atoms with Crippen molar-refractivity contribution in [1.82, 2.24) is 4.90 Å². The Bertz CT molecular complexity index is 582. The summed E-state index contributed by atoms with van der Waals surface area (Å²) in [7, 11) is 0. The van der Waals surface area contributed by atoms with Gasteiger partial charge in [0.2, 0.25) is 0 Å². The number of piperidine rings is 1. The Morgan fingerprint density at radius 3 is 2.88 bits per heavy atom. The molecule has 6 nitrogen and oxygen atoms in total. The van der Waals surface area contributed by atoms with Gasteiger partial charge in [-0.2, -0.15) is 0 Å². The third-order valence-corrected chi connectivity index (χ3v) is 4.46. The van der Waals surface area contributed by atoms with Gasteiger partial charge in [-0.05, 0) is 37.4 Å². The van der Waals surface area contributed by atoms with Crippen LogP contribution in [0.25, 0.3) is 0 Å². The molecule has 3 N–H and O–H groups in total. The van der Waals surface area contributed by atoms with Crippen molar-refractivity contribution in [2.75, 3.05) is 44.7 Å². The van der Waals surface area contributed by atoms with Crippen molar-refractivity contribution in [3.05, 3.63) is 18.2 Å². The molecule has 1 saturated heterocycles. The molecule has 0 amide bonds. The molecule has 1 atom stereocenters. The molecule has 0 aliphatic carbocycles. The number of aliphatic imine (C=N–C) groups is 1. The molecular formula is C18H29IN4O2. The first-order chi connectivity index (χ1) is 11.7. The minimum absolute atomic E-state index is 0. The number of benzene rings is 1. The molecule has 1 aromatic carbocycles. The van der Waals surface area contributed by atoms with E-state index in [1.807, 2.05) is 18.2 Å². The number of rotatable bonds is 4. The van der Waals surface area contributed by atoms with Gasteiger partial charge in [0.1, 0.15) is 0 Å². The van der Waals surface area contributed by atoms with Crippen molar-refractivity contribution >= 4 is 35.6 Å². The molecule has 1 unspecified atom stereocenters. The fourth-order valence-corrected chi connectivity index (χ4v) is 3.23. The van der Waals surface area contributed by atoms with Gasteiger partial charge >= 0.3 is 0 Å². The summed E-state index contributed by atoms with van der Waals surface area (Å²) in [6.45, 7) is 7.71. The normalized spacial score (nSPS) is 21.2. The van der Waals surface area contributed by atoms with E-state index >= 15 is 0 Å². The highest BCUT2D eigenvalue weighted by Crippen LogP contribution is 2.32. The molecule has 0 saturated carbocycles. The fourth-order valence-electron chi connectivity index (χ4n) is 3.23. The maximum Gasteiger partial charge on any atom is 0.193 e. The van der Waals surface area contributed by atoms with Crippen molar-refractivity contribution in [1.29, 1.82) is 0 Å². The SMILES string of the molecule is CC1CCCN(CCN=C(N)Nc2ccc3c(c2)OCCCO3)C1.I. The number of likely N-dealkylation sites (tertiary alicyclic amines) is 1. The highest BCUT2D eigenvalue weighted by molar-refractivity contribution is 14.0. The fraction of sp³-hybridized carbons (Fsp3) is 0.611. The smallest absolute Gasteiger partial charge is 0.193 e. The van der Waals surface area contributed by atoms with E-state index in [-0.39, 0.29) is 24.0 Å². The van der Waals surface area contributed by atoms with Crippen LogP contribution in [0.5, 0.6) is 11.5 Å². The van der Waals surface area contributed by atoms with E-state index in [4.69, 9.17) is 15.2 Å². The van der Waals surface area contributed by atoms with Crippen LogP contribution >= 0.6 is 24.0 Å². The van der Waals surface area contributed by atoms with E-state index in [9.17, 15) is 0 Å². The molecule has 2 aliphatic rings. The monoisotopic (exact) mass is 460 g/mol. The van der Waals surface area contributed by atoms with Gasteiger partial charge in [0.05, 0.1) is 19.8 Å². The van der Waals surface area contributed by atoms with E-state index < -0.39 is 0 Å². The minimum atomic E-state index is 0. The Hall–Kier alpha value is -1.22. The molecule has 0 aromatic heterocycles. The lowest BCUT2D eigenvalue weighted by molar-refractivity contribution is 0.189. The molecule has 0 radical (unpaired) electrons. The summed E-state index contributed by atoms with van der Waals surface area (Å²) in [5, 5.41) is 3.13. The van der Waals surface area contributed by atoms with Gasteiger partial charge in [-0.15, -0.1) is 24.0 Å². The Morgan fingerprint density at radius 1 is 1.28 bits per heavy atom. The summed E-state index contributed by atoms with van der Waals surface area (Å²) in [4.78, 5) is 6.91. The van der Waals surface area contributed by atoms with Crippen molar-refractivity contribution in [2.45, 2.75) is 26.2 Å². The van der Waals surface area contributed by atoms with Gasteiger partial charge in [-0.25, -0.2) is 0 Å². The Morgan fingerprint density at radius 2 is 2.08 bits per heavy atom. The molecule has 1 fully saturated rings. The second-order valence-corrected chi connectivity index (χ2v) is 6.65. The molecule has 1 aromatic rings.